The minimum atomic E-state index is -0.327. The van der Waals surface area contributed by atoms with Crippen molar-refractivity contribution in [1.82, 2.24) is 10.2 Å². The Kier molecular flexibility index (Phi) is 5.73. The van der Waals surface area contributed by atoms with Gasteiger partial charge in [-0.1, -0.05) is 24.3 Å². The van der Waals surface area contributed by atoms with E-state index in [1.54, 1.807) is 31.4 Å². The lowest BCUT2D eigenvalue weighted by atomic mass is 10.00. The molecule has 0 fully saturated rings. The third kappa shape index (κ3) is 4.53. The summed E-state index contributed by atoms with van der Waals surface area (Å²) in [5.74, 6) is 0.786. The second kappa shape index (κ2) is 8.38. The van der Waals surface area contributed by atoms with Gasteiger partial charge in [0.1, 0.15) is 5.75 Å². The molecule has 0 saturated carbocycles. The molecule has 0 spiro atoms. The monoisotopic (exact) mass is 353 g/mol. The molecule has 0 bridgehead atoms. The molecule has 0 aliphatic carbocycles. The zero-order valence-electron chi connectivity index (χ0n) is 14.8. The highest BCUT2D eigenvalue weighted by Crippen LogP contribution is 2.19. The number of carbonyl (C=O) groups excluding carboxylic acids is 2. The average Bonchev–Trinajstić information content (AvgIpc) is 2.68. The van der Waals surface area contributed by atoms with E-state index in [0.29, 0.717) is 18.8 Å². The van der Waals surface area contributed by atoms with Crippen molar-refractivity contribution in [3.8, 4) is 5.75 Å². The van der Waals surface area contributed by atoms with Gasteiger partial charge in [0.15, 0.2) is 0 Å². The van der Waals surface area contributed by atoms with Crippen LogP contribution < -0.4 is 15.4 Å². The van der Waals surface area contributed by atoms with Crippen LogP contribution in [0.2, 0.25) is 0 Å². The number of carbonyl (C=O) groups is 2. The number of fused-ring (bicyclic) bond motifs is 1. The summed E-state index contributed by atoms with van der Waals surface area (Å²) >= 11 is 0. The van der Waals surface area contributed by atoms with Gasteiger partial charge in [0.25, 0.3) is 0 Å². The van der Waals surface area contributed by atoms with Crippen molar-refractivity contribution >= 4 is 17.6 Å². The molecule has 26 heavy (non-hydrogen) atoms. The predicted octanol–water partition coefficient (Wildman–Crippen LogP) is 2.79. The molecular weight excluding hydrogens is 330 g/mol. The van der Waals surface area contributed by atoms with Crippen LogP contribution >= 0.6 is 0 Å². The zero-order chi connectivity index (χ0) is 18.4. The fraction of sp³-hybridized carbons (Fsp3) is 0.300. The van der Waals surface area contributed by atoms with E-state index in [4.69, 9.17) is 4.74 Å². The Morgan fingerprint density at radius 1 is 1.08 bits per heavy atom. The SMILES string of the molecule is COc1ccc(NC(=O)NCCC(=O)N2CCc3ccccc3C2)cc1. The fourth-order valence-electron chi connectivity index (χ4n) is 3.00. The molecule has 0 saturated heterocycles. The van der Waals surface area contributed by atoms with Crippen LogP contribution in [-0.2, 0) is 17.8 Å². The number of nitrogens with one attached hydrogen (secondary N) is 2. The summed E-state index contributed by atoms with van der Waals surface area (Å²) < 4.78 is 5.07. The number of nitrogens with zero attached hydrogens (tertiary/aromatic N) is 1. The quantitative estimate of drug-likeness (QED) is 0.868. The number of amides is 3. The summed E-state index contributed by atoms with van der Waals surface area (Å²) in [6.45, 7) is 1.68. The molecule has 1 aliphatic heterocycles. The second-order valence-electron chi connectivity index (χ2n) is 6.19. The van der Waals surface area contributed by atoms with Crippen LogP contribution in [0.25, 0.3) is 0 Å². The van der Waals surface area contributed by atoms with Gasteiger partial charge in [-0.25, -0.2) is 4.79 Å². The van der Waals surface area contributed by atoms with Crippen LogP contribution in [0.15, 0.2) is 48.5 Å². The molecule has 2 aromatic carbocycles. The van der Waals surface area contributed by atoms with Crippen LogP contribution in [0, 0.1) is 0 Å². The van der Waals surface area contributed by atoms with Crippen molar-refractivity contribution in [3.63, 3.8) is 0 Å². The third-order valence-corrected chi connectivity index (χ3v) is 4.46. The van der Waals surface area contributed by atoms with E-state index in [9.17, 15) is 9.59 Å². The summed E-state index contributed by atoms with van der Waals surface area (Å²) in [5.41, 5.74) is 3.19. The van der Waals surface area contributed by atoms with E-state index in [1.807, 2.05) is 17.0 Å². The summed E-state index contributed by atoms with van der Waals surface area (Å²) in [4.78, 5) is 26.1. The maximum Gasteiger partial charge on any atom is 0.319 e. The Morgan fingerprint density at radius 3 is 2.54 bits per heavy atom. The van der Waals surface area contributed by atoms with E-state index in [2.05, 4.69) is 22.8 Å². The molecule has 6 heteroatoms. The molecule has 1 aliphatic rings. The van der Waals surface area contributed by atoms with Gasteiger partial charge in [-0.15, -0.1) is 0 Å². The summed E-state index contributed by atoms with van der Waals surface area (Å²) in [6, 6.07) is 14.9. The average molecular weight is 353 g/mol. The van der Waals surface area contributed by atoms with Gasteiger partial charge in [-0.2, -0.15) is 0 Å². The van der Waals surface area contributed by atoms with Gasteiger partial charge >= 0.3 is 6.03 Å². The van der Waals surface area contributed by atoms with Crippen molar-refractivity contribution in [1.29, 1.82) is 0 Å². The fourth-order valence-corrected chi connectivity index (χ4v) is 3.00. The number of ether oxygens (including phenoxy) is 1. The Balaban J connectivity index is 1.41. The van der Waals surface area contributed by atoms with Gasteiger partial charge in [-0.05, 0) is 41.8 Å². The van der Waals surface area contributed by atoms with Gasteiger partial charge in [0.05, 0.1) is 7.11 Å². The molecular formula is C20H23N3O3. The molecule has 0 aromatic heterocycles. The topological polar surface area (TPSA) is 70.7 Å². The molecule has 2 N–H and O–H groups in total. The number of urea groups is 1. The first-order valence-electron chi connectivity index (χ1n) is 8.69. The minimum absolute atomic E-state index is 0.0595. The Labute approximate surface area is 153 Å². The first kappa shape index (κ1) is 17.8. The molecule has 0 unspecified atom stereocenters. The predicted molar refractivity (Wildman–Crippen MR) is 100 cm³/mol. The van der Waals surface area contributed by atoms with Crippen LogP contribution in [0.1, 0.15) is 17.5 Å². The number of rotatable bonds is 5. The number of hydrogen-bond acceptors (Lipinski definition) is 3. The maximum atomic E-state index is 12.4. The van der Waals surface area contributed by atoms with Crippen LogP contribution in [0.5, 0.6) is 5.75 Å². The standard InChI is InChI=1S/C20H23N3O3/c1-26-18-8-6-17(7-9-18)22-20(25)21-12-10-19(24)23-13-11-15-4-2-3-5-16(15)14-23/h2-9H,10-14H2,1H3,(H2,21,22,25). The number of methoxy groups -OCH3 is 1. The van der Waals surface area contributed by atoms with Gasteiger partial charge < -0.3 is 20.3 Å². The Hall–Kier alpha value is -3.02. The lowest BCUT2D eigenvalue weighted by molar-refractivity contribution is -0.131. The molecule has 136 valence electrons. The van der Waals surface area contributed by atoms with E-state index in [0.717, 1.165) is 18.7 Å². The summed E-state index contributed by atoms with van der Waals surface area (Å²) in [6.07, 6.45) is 1.17. The molecule has 3 rings (SSSR count). The Bertz CT molecular complexity index is 774. The zero-order valence-corrected chi connectivity index (χ0v) is 14.8. The van der Waals surface area contributed by atoms with E-state index < -0.39 is 0 Å². The van der Waals surface area contributed by atoms with Crippen LogP contribution in [0.3, 0.4) is 0 Å². The first-order valence-corrected chi connectivity index (χ1v) is 8.69. The van der Waals surface area contributed by atoms with Crippen LogP contribution in [-0.4, -0.2) is 37.0 Å². The van der Waals surface area contributed by atoms with Gasteiger partial charge in [0.2, 0.25) is 5.91 Å². The van der Waals surface area contributed by atoms with E-state index >= 15 is 0 Å². The normalized spacial score (nSPS) is 12.9. The Morgan fingerprint density at radius 2 is 1.81 bits per heavy atom. The van der Waals surface area contributed by atoms with Gasteiger partial charge in [0, 0.05) is 31.7 Å². The highest BCUT2D eigenvalue weighted by atomic mass is 16.5. The molecule has 0 radical (unpaired) electrons. The molecule has 3 amide bonds. The first-order chi connectivity index (χ1) is 12.7. The van der Waals surface area contributed by atoms with Crippen molar-refractivity contribution in [2.45, 2.75) is 19.4 Å². The number of benzene rings is 2. The second-order valence-corrected chi connectivity index (χ2v) is 6.19. The van der Waals surface area contributed by atoms with Crippen molar-refractivity contribution in [3.05, 3.63) is 59.7 Å². The third-order valence-electron chi connectivity index (χ3n) is 4.46. The smallest absolute Gasteiger partial charge is 0.319 e. The molecule has 1 heterocycles. The largest absolute Gasteiger partial charge is 0.497 e. The number of hydrogen-bond donors (Lipinski definition) is 2. The highest BCUT2D eigenvalue weighted by molar-refractivity contribution is 5.89. The molecule has 0 atom stereocenters. The highest BCUT2D eigenvalue weighted by Gasteiger charge is 2.19. The molecule has 2 aromatic rings. The summed E-state index contributed by atoms with van der Waals surface area (Å²) in [5, 5.41) is 5.45. The van der Waals surface area contributed by atoms with Crippen molar-refractivity contribution in [2.75, 3.05) is 25.5 Å². The minimum Gasteiger partial charge on any atom is -0.497 e. The van der Waals surface area contributed by atoms with Crippen molar-refractivity contribution < 1.29 is 14.3 Å². The maximum absolute atomic E-state index is 12.4. The summed E-state index contributed by atoms with van der Waals surface area (Å²) in [7, 11) is 1.59. The van der Waals surface area contributed by atoms with Crippen molar-refractivity contribution in [2.24, 2.45) is 0 Å². The van der Waals surface area contributed by atoms with Gasteiger partial charge in [-0.3, -0.25) is 4.79 Å². The number of anilines is 1. The lowest BCUT2D eigenvalue weighted by Crippen LogP contribution is -2.38. The van der Waals surface area contributed by atoms with E-state index in [1.165, 1.54) is 11.1 Å². The van der Waals surface area contributed by atoms with E-state index in [-0.39, 0.29) is 18.4 Å². The molecule has 6 nitrogen and oxygen atoms in total. The lowest BCUT2D eigenvalue weighted by Gasteiger charge is -2.29. The van der Waals surface area contributed by atoms with Crippen LogP contribution in [0.4, 0.5) is 10.5 Å².